The lowest BCUT2D eigenvalue weighted by Crippen LogP contribution is -2.58. The molecule has 3 N–H and O–H groups in total. The zero-order valence-electron chi connectivity index (χ0n) is 23.4. The number of hydrogen-bond acceptors (Lipinski definition) is 5. The van der Waals surface area contributed by atoms with Crippen LogP contribution in [0, 0.1) is 5.41 Å². The number of ether oxygens (including phenoxy) is 1. The third-order valence-electron chi connectivity index (χ3n) is 7.14. The van der Waals surface area contributed by atoms with Gasteiger partial charge < -0.3 is 20.5 Å². The molecule has 1 aliphatic carbocycles. The number of fused-ring (bicyclic) bond motifs is 3. The fraction of sp³-hybridized carbons (Fsp3) is 0.344. The summed E-state index contributed by atoms with van der Waals surface area (Å²) in [5.74, 6) is -1.85. The number of benzene rings is 3. The minimum absolute atomic E-state index is 0.105. The molecule has 1 unspecified atom stereocenters. The predicted octanol–water partition coefficient (Wildman–Crippen LogP) is 4.64. The molecule has 0 saturated heterocycles. The van der Waals surface area contributed by atoms with E-state index in [1.54, 1.807) is 20.8 Å². The van der Waals surface area contributed by atoms with Gasteiger partial charge in [0.25, 0.3) is 0 Å². The lowest BCUT2D eigenvalue weighted by atomic mass is 9.86. The standard InChI is InChI=1S/C32H37N3O5/c1-32(2,3)28(30(37)38)34-29(36)27(19-35(4)18-21-12-6-5-7-13-21)33-31(39)40-20-26-24-16-10-8-14-22(24)23-15-9-11-17-25(23)26/h5-17,26-28H,18-20H2,1-4H3,(H,33,39)(H,34,36)(H,37,38)/t27?,28-/m1/s1. The molecule has 0 radical (unpaired) electrons. The molecule has 210 valence electrons. The van der Waals surface area contributed by atoms with Gasteiger partial charge in [-0.25, -0.2) is 9.59 Å². The Balaban J connectivity index is 1.47. The first-order valence-corrected chi connectivity index (χ1v) is 13.4. The molecule has 3 aromatic rings. The Labute approximate surface area is 235 Å². The Kier molecular flexibility index (Phi) is 8.90. The van der Waals surface area contributed by atoms with Gasteiger partial charge >= 0.3 is 12.1 Å². The molecule has 0 saturated carbocycles. The van der Waals surface area contributed by atoms with Crippen LogP contribution in [0.15, 0.2) is 78.9 Å². The molecule has 0 aliphatic heterocycles. The van der Waals surface area contributed by atoms with Gasteiger partial charge in [0.2, 0.25) is 5.91 Å². The number of rotatable bonds is 10. The van der Waals surface area contributed by atoms with E-state index in [-0.39, 0.29) is 19.1 Å². The van der Waals surface area contributed by atoms with Crippen LogP contribution < -0.4 is 10.6 Å². The fourth-order valence-corrected chi connectivity index (χ4v) is 5.14. The number of likely N-dealkylation sites (N-methyl/N-ethyl adjacent to an activating group) is 1. The first-order chi connectivity index (χ1) is 19.0. The molecule has 8 heteroatoms. The maximum absolute atomic E-state index is 13.3. The maximum Gasteiger partial charge on any atom is 0.407 e. The van der Waals surface area contributed by atoms with Crippen molar-refractivity contribution in [3.8, 4) is 11.1 Å². The summed E-state index contributed by atoms with van der Waals surface area (Å²) in [4.78, 5) is 40.2. The largest absolute Gasteiger partial charge is 0.480 e. The van der Waals surface area contributed by atoms with Gasteiger partial charge in [-0.1, -0.05) is 99.6 Å². The van der Waals surface area contributed by atoms with Crippen LogP contribution in [0.3, 0.4) is 0 Å². The molecule has 3 aromatic carbocycles. The van der Waals surface area contributed by atoms with Gasteiger partial charge in [0, 0.05) is 19.0 Å². The molecule has 2 amide bonds. The van der Waals surface area contributed by atoms with E-state index in [1.165, 1.54) is 0 Å². The van der Waals surface area contributed by atoms with Gasteiger partial charge in [-0.05, 0) is 40.3 Å². The lowest BCUT2D eigenvalue weighted by molar-refractivity contribution is -0.145. The Morgan fingerprint density at radius 1 is 0.875 bits per heavy atom. The third kappa shape index (κ3) is 6.87. The SMILES string of the molecule is CN(Cc1ccccc1)CC(NC(=O)OCC1c2ccccc2-c2ccccc21)C(=O)N[C@H](C(=O)O)C(C)(C)C. The molecule has 0 bridgehead atoms. The number of carboxylic acid groups (broad SMARTS) is 1. The van der Waals surface area contributed by atoms with E-state index >= 15 is 0 Å². The second-order valence-corrected chi connectivity index (χ2v) is 11.4. The summed E-state index contributed by atoms with van der Waals surface area (Å²) < 4.78 is 5.68. The lowest BCUT2D eigenvalue weighted by Gasteiger charge is -2.30. The highest BCUT2D eigenvalue weighted by Crippen LogP contribution is 2.44. The molecule has 8 nitrogen and oxygen atoms in total. The minimum atomic E-state index is -1.14. The van der Waals surface area contributed by atoms with E-state index in [1.807, 2.05) is 78.7 Å². The van der Waals surface area contributed by atoms with Crippen molar-refractivity contribution in [1.29, 1.82) is 0 Å². The Hall–Kier alpha value is -4.17. The molecule has 0 fully saturated rings. The van der Waals surface area contributed by atoms with E-state index in [0.29, 0.717) is 6.54 Å². The molecular formula is C32H37N3O5. The summed E-state index contributed by atoms with van der Waals surface area (Å²) in [6.07, 6.45) is -0.738. The second kappa shape index (κ2) is 12.3. The molecule has 2 atom stereocenters. The Bertz CT molecular complexity index is 1310. The number of alkyl carbamates (subject to hydrolysis) is 1. The summed E-state index contributed by atoms with van der Waals surface area (Å²) >= 11 is 0. The topological polar surface area (TPSA) is 108 Å². The number of carbonyl (C=O) groups is 3. The van der Waals surface area contributed by atoms with Crippen LogP contribution in [-0.4, -0.2) is 60.3 Å². The highest BCUT2D eigenvalue weighted by atomic mass is 16.5. The van der Waals surface area contributed by atoms with E-state index in [9.17, 15) is 19.5 Å². The van der Waals surface area contributed by atoms with Crippen molar-refractivity contribution in [3.05, 3.63) is 95.6 Å². The zero-order valence-corrected chi connectivity index (χ0v) is 23.4. The van der Waals surface area contributed by atoms with Crippen molar-refractivity contribution in [3.63, 3.8) is 0 Å². The number of nitrogens with zero attached hydrogens (tertiary/aromatic N) is 1. The summed E-state index contributed by atoms with van der Waals surface area (Å²) in [5.41, 5.74) is 4.72. The highest BCUT2D eigenvalue weighted by Gasteiger charge is 2.35. The monoisotopic (exact) mass is 543 g/mol. The number of carboxylic acids is 1. The maximum atomic E-state index is 13.3. The summed E-state index contributed by atoms with van der Waals surface area (Å²) in [6.45, 7) is 6.01. The molecule has 40 heavy (non-hydrogen) atoms. The number of amides is 2. The number of hydrogen-bond donors (Lipinski definition) is 3. The number of aliphatic carboxylic acids is 1. The fourth-order valence-electron chi connectivity index (χ4n) is 5.14. The predicted molar refractivity (Wildman–Crippen MR) is 154 cm³/mol. The minimum Gasteiger partial charge on any atom is -0.480 e. The molecule has 4 rings (SSSR count). The van der Waals surface area contributed by atoms with Gasteiger partial charge in [0.1, 0.15) is 18.7 Å². The van der Waals surface area contributed by atoms with Crippen molar-refractivity contribution >= 4 is 18.0 Å². The normalized spacial score (nSPS) is 14.1. The molecule has 0 spiro atoms. The van der Waals surface area contributed by atoms with Gasteiger partial charge in [-0.3, -0.25) is 9.69 Å². The van der Waals surface area contributed by atoms with Gasteiger partial charge in [-0.2, -0.15) is 0 Å². The van der Waals surface area contributed by atoms with Gasteiger partial charge in [-0.15, -0.1) is 0 Å². The smallest absolute Gasteiger partial charge is 0.407 e. The molecule has 0 heterocycles. The number of nitrogens with one attached hydrogen (secondary N) is 2. The quantitative estimate of drug-likeness (QED) is 0.344. The summed E-state index contributed by atoms with van der Waals surface area (Å²) in [5, 5.41) is 15.0. The van der Waals surface area contributed by atoms with Crippen molar-refractivity contribution in [2.24, 2.45) is 5.41 Å². The average molecular weight is 544 g/mol. The van der Waals surface area contributed by atoms with Crippen LogP contribution in [0.4, 0.5) is 4.79 Å². The van der Waals surface area contributed by atoms with Crippen molar-refractivity contribution < 1.29 is 24.2 Å². The van der Waals surface area contributed by atoms with Crippen molar-refractivity contribution in [2.75, 3.05) is 20.2 Å². The van der Waals surface area contributed by atoms with Crippen LogP contribution in [0.25, 0.3) is 11.1 Å². The summed E-state index contributed by atoms with van der Waals surface area (Å²) in [6, 6.07) is 23.7. The van der Waals surface area contributed by atoms with E-state index in [2.05, 4.69) is 22.8 Å². The van der Waals surface area contributed by atoms with Crippen LogP contribution in [0.2, 0.25) is 0 Å². The van der Waals surface area contributed by atoms with Gasteiger partial charge in [0.15, 0.2) is 0 Å². The molecule has 0 aromatic heterocycles. The Morgan fingerprint density at radius 3 is 1.98 bits per heavy atom. The molecular weight excluding hydrogens is 506 g/mol. The molecule has 1 aliphatic rings. The van der Waals surface area contributed by atoms with E-state index in [4.69, 9.17) is 4.74 Å². The van der Waals surface area contributed by atoms with E-state index < -0.39 is 35.5 Å². The average Bonchev–Trinajstić information content (AvgIpc) is 3.23. The van der Waals surface area contributed by atoms with Crippen molar-refractivity contribution in [1.82, 2.24) is 15.5 Å². The zero-order chi connectivity index (χ0) is 28.9. The van der Waals surface area contributed by atoms with E-state index in [0.717, 1.165) is 27.8 Å². The van der Waals surface area contributed by atoms with Crippen LogP contribution in [0.1, 0.15) is 43.4 Å². The van der Waals surface area contributed by atoms with Crippen molar-refractivity contribution in [2.45, 2.75) is 45.3 Å². The Morgan fingerprint density at radius 2 is 1.43 bits per heavy atom. The first kappa shape index (κ1) is 28.8. The van der Waals surface area contributed by atoms with Crippen LogP contribution in [0.5, 0.6) is 0 Å². The third-order valence-corrected chi connectivity index (χ3v) is 7.14. The van der Waals surface area contributed by atoms with Crippen LogP contribution >= 0.6 is 0 Å². The highest BCUT2D eigenvalue weighted by molar-refractivity contribution is 5.89. The van der Waals surface area contributed by atoms with Crippen LogP contribution in [-0.2, 0) is 20.9 Å². The first-order valence-electron chi connectivity index (χ1n) is 13.4. The second-order valence-electron chi connectivity index (χ2n) is 11.4. The number of carbonyl (C=O) groups excluding carboxylic acids is 2. The van der Waals surface area contributed by atoms with Gasteiger partial charge in [0.05, 0.1) is 0 Å². The summed E-state index contributed by atoms with van der Waals surface area (Å²) in [7, 11) is 1.84.